The summed E-state index contributed by atoms with van der Waals surface area (Å²) in [6, 6.07) is 8.00. The molecule has 2 atom stereocenters. The van der Waals surface area contributed by atoms with Crippen molar-refractivity contribution in [1.29, 1.82) is 0 Å². The number of aliphatic hydroxyl groups is 1. The van der Waals surface area contributed by atoms with Crippen molar-refractivity contribution in [3.05, 3.63) is 46.2 Å². The van der Waals surface area contributed by atoms with Crippen LogP contribution >= 0.6 is 11.6 Å². The molecule has 0 radical (unpaired) electrons. The van der Waals surface area contributed by atoms with Crippen LogP contribution in [0.5, 0.6) is 0 Å². The maximum Gasteiger partial charge on any atom is 0.273 e. The monoisotopic (exact) mass is 543 g/mol. The normalized spacial score (nSPS) is 21.0. The van der Waals surface area contributed by atoms with Crippen LogP contribution in [0.25, 0.3) is 0 Å². The Kier molecular flexibility index (Phi) is 9.07. The van der Waals surface area contributed by atoms with Crippen molar-refractivity contribution in [3.63, 3.8) is 0 Å². The molecule has 0 spiro atoms. The van der Waals surface area contributed by atoms with E-state index in [-0.39, 0.29) is 36.6 Å². The first-order chi connectivity index (χ1) is 18.2. The second-order valence-corrected chi connectivity index (χ2v) is 10.6. The van der Waals surface area contributed by atoms with Gasteiger partial charge in [0.25, 0.3) is 11.8 Å². The lowest BCUT2D eigenvalue weighted by Gasteiger charge is -2.50. The number of carbonyl (C=O) groups excluding carboxylic acids is 2. The lowest BCUT2D eigenvalue weighted by atomic mass is 9.96. The molecule has 2 aliphatic heterocycles. The van der Waals surface area contributed by atoms with E-state index in [1.807, 2.05) is 11.8 Å². The van der Waals surface area contributed by atoms with Crippen molar-refractivity contribution in [3.8, 4) is 0 Å². The van der Waals surface area contributed by atoms with Crippen molar-refractivity contribution in [2.24, 2.45) is 0 Å². The van der Waals surface area contributed by atoms with E-state index in [1.165, 1.54) is 0 Å². The number of aliphatic hydroxyl groups excluding tert-OH is 1. The number of nitrogen functional groups attached to an aromatic ring is 1. The average Bonchev–Trinajstić information content (AvgIpc) is 2.93. The smallest absolute Gasteiger partial charge is 0.273 e. The highest BCUT2D eigenvalue weighted by molar-refractivity contribution is 6.30. The van der Waals surface area contributed by atoms with Crippen LogP contribution in [0.2, 0.25) is 5.02 Å². The molecular weight excluding hydrogens is 506 g/mol. The maximum atomic E-state index is 12.9. The van der Waals surface area contributed by atoms with E-state index >= 15 is 0 Å². The highest BCUT2D eigenvalue weighted by Crippen LogP contribution is 2.30. The molecule has 1 aromatic heterocycles. The van der Waals surface area contributed by atoms with E-state index in [1.54, 1.807) is 24.3 Å². The summed E-state index contributed by atoms with van der Waals surface area (Å²) in [4.78, 5) is 41.2. The molecule has 11 heteroatoms. The number of carbonyl (C=O) groups is 2. The van der Waals surface area contributed by atoms with Gasteiger partial charge in [-0.3, -0.25) is 14.5 Å². The largest absolute Gasteiger partial charge is 0.395 e. The van der Waals surface area contributed by atoms with Crippen LogP contribution in [0, 0.1) is 6.92 Å². The lowest BCUT2D eigenvalue weighted by Crippen LogP contribution is -2.62. The number of likely N-dealkylation sites (tertiary alicyclic amines) is 1. The van der Waals surface area contributed by atoms with Gasteiger partial charge in [-0.15, -0.1) is 0 Å². The zero-order valence-corrected chi connectivity index (χ0v) is 23.1. The minimum Gasteiger partial charge on any atom is -0.395 e. The van der Waals surface area contributed by atoms with Gasteiger partial charge in [-0.25, -0.2) is 9.97 Å². The summed E-state index contributed by atoms with van der Waals surface area (Å²) < 4.78 is 0. The summed E-state index contributed by atoms with van der Waals surface area (Å²) >= 11 is 5.98. The van der Waals surface area contributed by atoms with Crippen LogP contribution in [0.4, 0.5) is 11.6 Å². The fourth-order valence-electron chi connectivity index (χ4n) is 5.56. The molecule has 2 aromatic rings. The molecule has 4 rings (SSSR count). The quantitative estimate of drug-likeness (QED) is 0.485. The summed E-state index contributed by atoms with van der Waals surface area (Å²) in [7, 11) is 0. The second kappa shape index (κ2) is 12.3. The Bertz CT molecular complexity index is 1140. The van der Waals surface area contributed by atoms with Crippen LogP contribution in [0.1, 0.15) is 59.7 Å². The van der Waals surface area contributed by atoms with Gasteiger partial charge in [0.2, 0.25) is 0 Å². The molecule has 2 fully saturated rings. The molecule has 4 N–H and O–H groups in total. The minimum atomic E-state index is -0.441. The van der Waals surface area contributed by atoms with Gasteiger partial charge in [0.15, 0.2) is 17.3 Å². The molecule has 1 aromatic carbocycles. The van der Waals surface area contributed by atoms with Crippen molar-refractivity contribution in [2.45, 2.75) is 58.2 Å². The van der Waals surface area contributed by atoms with Crippen LogP contribution < -0.4 is 16.0 Å². The number of piperazine rings is 1. The molecule has 0 unspecified atom stereocenters. The van der Waals surface area contributed by atoms with E-state index in [0.717, 1.165) is 45.4 Å². The molecule has 2 saturated heterocycles. The minimum absolute atomic E-state index is 0.0606. The number of nitrogens with one attached hydrogen (secondary N) is 1. The van der Waals surface area contributed by atoms with Crippen LogP contribution in [-0.4, -0.2) is 94.1 Å². The number of benzene rings is 1. The van der Waals surface area contributed by atoms with Gasteiger partial charge < -0.3 is 26.0 Å². The van der Waals surface area contributed by atoms with Gasteiger partial charge in [-0.05, 0) is 57.4 Å². The Morgan fingerprint density at radius 1 is 1.16 bits per heavy atom. The van der Waals surface area contributed by atoms with Gasteiger partial charge in [0.05, 0.1) is 12.3 Å². The number of nitrogens with zero attached hydrogens (tertiary/aromatic N) is 5. The van der Waals surface area contributed by atoms with E-state index in [0.29, 0.717) is 34.2 Å². The van der Waals surface area contributed by atoms with E-state index < -0.39 is 5.91 Å². The molecule has 0 saturated carbocycles. The zero-order chi connectivity index (χ0) is 27.4. The Hall–Kier alpha value is -2.95. The molecule has 2 amide bonds. The van der Waals surface area contributed by atoms with E-state index in [4.69, 9.17) is 22.4 Å². The number of rotatable bonds is 7. The summed E-state index contributed by atoms with van der Waals surface area (Å²) in [5.74, 6) is 0.408. The van der Waals surface area contributed by atoms with Crippen molar-refractivity contribution >= 4 is 35.1 Å². The number of aryl methyl sites for hydroxylation is 1. The van der Waals surface area contributed by atoms with Crippen LogP contribution in [0.15, 0.2) is 24.3 Å². The topological polar surface area (TPSA) is 128 Å². The number of anilines is 2. The Morgan fingerprint density at radius 2 is 1.84 bits per heavy atom. The standard InChI is InChI=1S/C27H38ClN7O3/c1-4-21-16-34(25-18(3)31-23(24(29)32-25)26(37)30-11-14-36)17(2)15-35(21)22-9-12-33(13-10-22)27(38)19-5-7-20(28)8-6-19/h5-8,17,21-22,36H,4,9-16H2,1-3H3,(H2,29,32)(H,30,37)/t17-,21+/m1/s1. The van der Waals surface area contributed by atoms with E-state index in [2.05, 4.69) is 38.9 Å². The SMILES string of the molecule is CC[C@H]1CN(c2nc(N)c(C(=O)NCCO)nc2C)[C@H](C)CN1C1CCN(C(=O)c2ccc(Cl)cc2)CC1. The molecule has 206 valence electrons. The number of amides is 2. The first-order valence-electron chi connectivity index (χ1n) is 13.3. The van der Waals surface area contributed by atoms with Gasteiger partial charge in [0, 0.05) is 61.4 Å². The number of aromatic nitrogens is 2. The molecule has 38 heavy (non-hydrogen) atoms. The lowest BCUT2D eigenvalue weighted by molar-refractivity contribution is 0.0434. The summed E-state index contributed by atoms with van der Waals surface area (Å²) in [6.45, 7) is 9.32. The fourth-order valence-corrected chi connectivity index (χ4v) is 5.69. The third-order valence-corrected chi connectivity index (χ3v) is 7.88. The first-order valence-corrected chi connectivity index (χ1v) is 13.7. The predicted octanol–water partition coefficient (Wildman–Crippen LogP) is 2.34. The average molecular weight is 544 g/mol. The van der Waals surface area contributed by atoms with Gasteiger partial charge >= 0.3 is 0 Å². The zero-order valence-electron chi connectivity index (χ0n) is 22.4. The van der Waals surface area contributed by atoms with Gasteiger partial charge in [-0.1, -0.05) is 18.5 Å². The third-order valence-electron chi connectivity index (χ3n) is 7.62. The molecule has 0 aliphatic carbocycles. The van der Waals surface area contributed by atoms with Crippen molar-refractivity contribution in [2.75, 3.05) is 50.0 Å². The highest BCUT2D eigenvalue weighted by Gasteiger charge is 2.38. The van der Waals surface area contributed by atoms with Crippen LogP contribution in [0.3, 0.4) is 0 Å². The number of piperidine rings is 1. The number of halogens is 1. The Balaban J connectivity index is 1.42. The number of hydrogen-bond acceptors (Lipinski definition) is 8. The van der Waals surface area contributed by atoms with E-state index in [9.17, 15) is 9.59 Å². The third kappa shape index (κ3) is 6.03. The van der Waals surface area contributed by atoms with Gasteiger partial charge in [0.1, 0.15) is 0 Å². The molecular formula is C27H38ClN7O3. The Morgan fingerprint density at radius 3 is 2.47 bits per heavy atom. The number of hydrogen-bond donors (Lipinski definition) is 3. The summed E-state index contributed by atoms with van der Waals surface area (Å²) in [5, 5.41) is 12.2. The highest BCUT2D eigenvalue weighted by atomic mass is 35.5. The van der Waals surface area contributed by atoms with Crippen LogP contribution in [-0.2, 0) is 0 Å². The molecule has 3 heterocycles. The second-order valence-electron chi connectivity index (χ2n) is 10.1. The molecule has 2 aliphatic rings. The maximum absolute atomic E-state index is 12.9. The number of nitrogens with two attached hydrogens (primary N) is 1. The molecule has 0 bridgehead atoms. The Labute approximate surface area is 229 Å². The molecule has 10 nitrogen and oxygen atoms in total. The van der Waals surface area contributed by atoms with Crippen molar-refractivity contribution < 1.29 is 14.7 Å². The first kappa shape index (κ1) is 28.1. The summed E-state index contributed by atoms with van der Waals surface area (Å²) in [5.41, 5.74) is 7.55. The predicted molar refractivity (Wildman–Crippen MR) is 149 cm³/mol. The van der Waals surface area contributed by atoms with Gasteiger partial charge in [-0.2, -0.15) is 0 Å². The van der Waals surface area contributed by atoms with Crippen molar-refractivity contribution in [1.82, 2.24) is 25.1 Å². The fraction of sp³-hybridized carbons (Fsp3) is 0.556. The summed E-state index contributed by atoms with van der Waals surface area (Å²) in [6.07, 6.45) is 2.86.